The highest BCUT2D eigenvalue weighted by Crippen LogP contribution is 2.30. The van der Waals surface area contributed by atoms with E-state index in [4.69, 9.17) is 0 Å². The van der Waals surface area contributed by atoms with E-state index in [-0.39, 0.29) is 11.7 Å². The molecule has 6 nitrogen and oxygen atoms in total. The van der Waals surface area contributed by atoms with Crippen LogP contribution in [0.4, 0.5) is 9.52 Å². The van der Waals surface area contributed by atoms with Crippen molar-refractivity contribution in [3.63, 3.8) is 0 Å². The van der Waals surface area contributed by atoms with Gasteiger partial charge in [0.2, 0.25) is 5.13 Å². The summed E-state index contributed by atoms with van der Waals surface area (Å²) in [6.07, 6.45) is 0. The molecular weight excluding hydrogens is 477 g/mol. The number of thiophene rings is 1. The number of rotatable bonds is 7. The summed E-state index contributed by atoms with van der Waals surface area (Å²) in [5.41, 5.74) is 2.90. The van der Waals surface area contributed by atoms with Gasteiger partial charge in [0.25, 0.3) is 5.91 Å². The van der Waals surface area contributed by atoms with Crippen molar-refractivity contribution >= 4 is 45.5 Å². The fraction of sp³-hybridized carbons (Fsp3) is 0.0435. The maximum absolute atomic E-state index is 13.1. The number of para-hydroxylation sites is 1. The summed E-state index contributed by atoms with van der Waals surface area (Å²) in [5.74, 6) is 0.0513. The van der Waals surface area contributed by atoms with Gasteiger partial charge in [-0.1, -0.05) is 59.5 Å². The fourth-order valence-corrected chi connectivity index (χ4v) is 5.44. The highest BCUT2D eigenvalue weighted by molar-refractivity contribution is 8.00. The summed E-state index contributed by atoms with van der Waals surface area (Å²) >= 11 is 4.34. The molecular formula is C23H16FN5OS3. The molecule has 0 aliphatic rings. The maximum Gasteiger partial charge on any atom is 0.276 e. The van der Waals surface area contributed by atoms with Gasteiger partial charge in [-0.05, 0) is 47.3 Å². The minimum atomic E-state index is -0.319. The number of nitrogens with zero attached hydrogens (tertiary/aromatic N) is 4. The summed E-state index contributed by atoms with van der Waals surface area (Å²) < 4.78 is 15.4. The smallest absolute Gasteiger partial charge is 0.276 e. The first-order valence-electron chi connectivity index (χ1n) is 9.87. The Kier molecular flexibility index (Phi) is 6.29. The van der Waals surface area contributed by atoms with Crippen LogP contribution in [0.3, 0.4) is 0 Å². The molecule has 0 aliphatic heterocycles. The largest absolute Gasteiger partial charge is 0.295 e. The Bertz CT molecular complexity index is 1370. The van der Waals surface area contributed by atoms with Crippen LogP contribution in [-0.2, 0) is 5.75 Å². The molecule has 0 atom stereocenters. The molecule has 5 rings (SSSR count). The normalized spacial score (nSPS) is 10.9. The Morgan fingerprint density at radius 3 is 2.61 bits per heavy atom. The van der Waals surface area contributed by atoms with E-state index in [1.54, 1.807) is 34.2 Å². The van der Waals surface area contributed by atoms with Crippen molar-refractivity contribution in [1.82, 2.24) is 20.0 Å². The number of thioether (sulfide) groups is 1. The summed E-state index contributed by atoms with van der Waals surface area (Å²) in [5, 5.41) is 18.1. The van der Waals surface area contributed by atoms with Gasteiger partial charge in [0.1, 0.15) is 17.2 Å². The number of aromatic nitrogens is 4. The molecule has 164 valence electrons. The molecule has 0 radical (unpaired) electrons. The first-order chi connectivity index (χ1) is 16.2. The molecule has 33 heavy (non-hydrogen) atoms. The van der Waals surface area contributed by atoms with Crippen molar-refractivity contribution in [3.05, 3.63) is 95.3 Å². The molecule has 0 aliphatic carbocycles. The van der Waals surface area contributed by atoms with Gasteiger partial charge in [-0.25, -0.2) is 9.07 Å². The Balaban J connectivity index is 1.34. The van der Waals surface area contributed by atoms with E-state index in [0.29, 0.717) is 20.9 Å². The third kappa shape index (κ3) is 5.03. The first-order valence-corrected chi connectivity index (χ1v) is 12.6. The maximum atomic E-state index is 13.1. The Labute approximate surface area is 201 Å². The van der Waals surface area contributed by atoms with Crippen LogP contribution in [0, 0.1) is 5.82 Å². The van der Waals surface area contributed by atoms with Crippen LogP contribution in [0.5, 0.6) is 0 Å². The van der Waals surface area contributed by atoms with E-state index in [0.717, 1.165) is 21.8 Å². The predicted octanol–water partition coefficient (Wildman–Crippen LogP) is 6.14. The zero-order chi connectivity index (χ0) is 22.6. The predicted molar refractivity (Wildman–Crippen MR) is 131 cm³/mol. The van der Waals surface area contributed by atoms with Gasteiger partial charge in [-0.15, -0.1) is 21.5 Å². The quantitative estimate of drug-likeness (QED) is 0.218. The number of anilines is 1. The van der Waals surface area contributed by atoms with Gasteiger partial charge in [-0.3, -0.25) is 10.1 Å². The number of hydrogen-bond donors (Lipinski definition) is 1. The average molecular weight is 494 g/mol. The summed E-state index contributed by atoms with van der Waals surface area (Å²) in [6.45, 7) is 0. The average Bonchev–Trinajstić information content (AvgIpc) is 3.60. The van der Waals surface area contributed by atoms with Gasteiger partial charge in [0, 0.05) is 5.75 Å². The molecule has 0 saturated heterocycles. The van der Waals surface area contributed by atoms with Gasteiger partial charge in [0.05, 0.1) is 10.6 Å². The molecule has 3 heterocycles. The highest BCUT2D eigenvalue weighted by Gasteiger charge is 2.19. The third-order valence-electron chi connectivity index (χ3n) is 4.62. The van der Waals surface area contributed by atoms with E-state index in [9.17, 15) is 9.18 Å². The fourth-order valence-electron chi connectivity index (χ4n) is 3.06. The summed E-state index contributed by atoms with van der Waals surface area (Å²) in [7, 11) is 0. The lowest BCUT2D eigenvalue weighted by Crippen LogP contribution is -2.16. The van der Waals surface area contributed by atoms with Gasteiger partial charge >= 0.3 is 0 Å². The zero-order valence-corrected chi connectivity index (χ0v) is 19.5. The van der Waals surface area contributed by atoms with E-state index < -0.39 is 0 Å². The Morgan fingerprint density at radius 2 is 1.85 bits per heavy atom. The molecule has 0 spiro atoms. The SMILES string of the molecule is O=C(Nc1nnc(SCc2ccc(F)cc2)s1)c1cc(-c2cccs2)nn1-c1ccccc1. The molecule has 10 heteroatoms. The van der Waals surface area contributed by atoms with Crippen LogP contribution < -0.4 is 5.32 Å². The number of carbonyl (C=O) groups excluding carboxylic acids is 1. The molecule has 0 fully saturated rings. The molecule has 1 amide bonds. The number of benzene rings is 2. The number of carbonyl (C=O) groups is 1. The van der Waals surface area contributed by atoms with Crippen molar-refractivity contribution in [2.75, 3.05) is 5.32 Å². The van der Waals surface area contributed by atoms with Gasteiger partial charge in [-0.2, -0.15) is 5.10 Å². The highest BCUT2D eigenvalue weighted by atomic mass is 32.2. The van der Waals surface area contributed by atoms with Crippen LogP contribution >= 0.6 is 34.4 Å². The monoisotopic (exact) mass is 493 g/mol. The molecule has 3 aromatic heterocycles. The van der Waals surface area contributed by atoms with Crippen LogP contribution in [0.1, 0.15) is 16.1 Å². The van der Waals surface area contributed by atoms with E-state index in [2.05, 4.69) is 20.6 Å². The van der Waals surface area contributed by atoms with Crippen LogP contribution in [0.25, 0.3) is 16.3 Å². The second-order valence-electron chi connectivity index (χ2n) is 6.88. The lowest BCUT2D eigenvalue weighted by atomic mass is 10.2. The topological polar surface area (TPSA) is 72.7 Å². The third-order valence-corrected chi connectivity index (χ3v) is 7.55. The second-order valence-corrected chi connectivity index (χ2v) is 10.0. The van der Waals surface area contributed by atoms with Crippen molar-refractivity contribution in [2.45, 2.75) is 10.1 Å². The molecule has 0 bridgehead atoms. The molecule has 1 N–H and O–H groups in total. The van der Waals surface area contributed by atoms with Crippen molar-refractivity contribution < 1.29 is 9.18 Å². The standard InChI is InChI=1S/C23H16FN5OS3/c24-16-10-8-15(9-11-16)14-32-23-27-26-22(33-23)25-21(30)19-13-18(20-7-4-12-31-20)28-29(19)17-5-2-1-3-6-17/h1-13H,14H2,(H,25,26,30). The Morgan fingerprint density at radius 1 is 1.03 bits per heavy atom. The molecule has 5 aromatic rings. The number of hydrogen-bond acceptors (Lipinski definition) is 7. The lowest BCUT2D eigenvalue weighted by Gasteiger charge is -2.06. The number of nitrogens with one attached hydrogen (secondary N) is 1. The van der Waals surface area contributed by atoms with Crippen molar-refractivity contribution in [1.29, 1.82) is 0 Å². The second kappa shape index (κ2) is 9.65. The first kappa shape index (κ1) is 21.5. The van der Waals surface area contributed by atoms with Crippen LogP contribution in [0.2, 0.25) is 0 Å². The summed E-state index contributed by atoms with van der Waals surface area (Å²) in [6, 6.07) is 21.6. The summed E-state index contributed by atoms with van der Waals surface area (Å²) in [4.78, 5) is 14.1. The van der Waals surface area contributed by atoms with Crippen LogP contribution in [-0.4, -0.2) is 25.9 Å². The Hall–Kier alpha value is -3.34. The van der Waals surface area contributed by atoms with Crippen molar-refractivity contribution in [2.24, 2.45) is 0 Å². The van der Waals surface area contributed by atoms with Gasteiger partial charge < -0.3 is 0 Å². The molecule has 0 saturated carbocycles. The minimum Gasteiger partial charge on any atom is -0.295 e. The molecule has 0 unspecified atom stereocenters. The number of halogens is 1. The number of amides is 1. The molecule has 2 aromatic carbocycles. The zero-order valence-electron chi connectivity index (χ0n) is 17.0. The van der Waals surface area contributed by atoms with E-state index >= 15 is 0 Å². The minimum absolute atomic E-state index is 0.262. The lowest BCUT2D eigenvalue weighted by molar-refractivity contribution is 0.101. The van der Waals surface area contributed by atoms with Crippen molar-refractivity contribution in [3.8, 4) is 16.3 Å². The van der Waals surface area contributed by atoms with E-state index in [1.165, 1.54) is 35.2 Å². The van der Waals surface area contributed by atoms with Crippen LogP contribution in [0.15, 0.2) is 82.5 Å². The van der Waals surface area contributed by atoms with E-state index in [1.807, 2.05) is 47.8 Å². The van der Waals surface area contributed by atoms with Gasteiger partial charge in [0.15, 0.2) is 4.34 Å².